The highest BCUT2D eigenvalue weighted by Crippen LogP contribution is 2.58. The van der Waals surface area contributed by atoms with E-state index in [1.165, 1.54) is 5.06 Å². The van der Waals surface area contributed by atoms with Gasteiger partial charge >= 0.3 is 7.82 Å². The fraction of sp³-hybridized carbons (Fsp3) is 0.875. The Balaban J connectivity index is 2.15. The number of hydrogen-bond donors (Lipinski definition) is 2. The first-order chi connectivity index (χ1) is 8.45. The summed E-state index contributed by atoms with van der Waals surface area (Å²) in [4.78, 5) is 25.5. The van der Waals surface area contributed by atoms with Crippen molar-refractivity contribution in [1.29, 1.82) is 0 Å². The quantitative estimate of drug-likeness (QED) is 0.400. The second-order valence-corrected chi connectivity index (χ2v) is 6.36. The third-order valence-electron chi connectivity index (χ3n) is 2.72. The van der Waals surface area contributed by atoms with Crippen LogP contribution in [0.2, 0.25) is 0 Å². The minimum absolute atomic E-state index is 0.270. The molecule has 0 aromatic carbocycles. The second-order valence-electron chi connectivity index (χ2n) is 3.99. The van der Waals surface area contributed by atoms with Crippen LogP contribution in [0.25, 0.3) is 0 Å². The highest BCUT2D eigenvalue weighted by atomic mass is 32.2. The molecule has 104 valence electrons. The standard InChI is InChI=1S/C8H15N2O6PS/c1-18-3-2-7(9)8-10(15-8)6(4-11)5-14-17(12,13)16-8/h4,6-7H,2-3,5,9H2,1H3,(H,12,13)/t6-,7+,8+,10?/m1/s1. The molecule has 2 aliphatic heterocycles. The molecule has 10 heteroatoms. The number of nitrogens with zero attached hydrogens (tertiary/aromatic N) is 1. The Labute approximate surface area is 108 Å². The highest BCUT2D eigenvalue weighted by molar-refractivity contribution is 7.98. The van der Waals surface area contributed by atoms with E-state index in [0.29, 0.717) is 12.7 Å². The van der Waals surface area contributed by atoms with Crippen LogP contribution in [-0.2, 0) is 23.2 Å². The number of aldehydes is 1. The predicted octanol–water partition coefficient (Wildman–Crippen LogP) is -0.318. The molecule has 2 aliphatic rings. The molecule has 0 spiro atoms. The van der Waals surface area contributed by atoms with Crippen LogP contribution >= 0.6 is 19.6 Å². The van der Waals surface area contributed by atoms with Gasteiger partial charge in [0.2, 0.25) is 0 Å². The maximum Gasteiger partial charge on any atom is 0.476 e. The zero-order valence-electron chi connectivity index (χ0n) is 9.72. The molecule has 0 aliphatic carbocycles. The minimum atomic E-state index is -4.26. The summed E-state index contributed by atoms with van der Waals surface area (Å²) in [7, 11) is -4.26. The molecule has 2 rings (SSSR count). The van der Waals surface area contributed by atoms with Gasteiger partial charge in [0.15, 0.2) is 0 Å². The summed E-state index contributed by atoms with van der Waals surface area (Å²) in [6.45, 7) is -0.270. The van der Waals surface area contributed by atoms with Gasteiger partial charge < -0.3 is 15.4 Å². The van der Waals surface area contributed by atoms with Gasteiger partial charge in [-0.3, -0.25) is 4.52 Å². The molecule has 0 radical (unpaired) electrons. The lowest BCUT2D eigenvalue weighted by molar-refractivity contribution is -0.113. The first-order valence-electron chi connectivity index (χ1n) is 5.31. The highest BCUT2D eigenvalue weighted by Gasteiger charge is 2.68. The molecule has 18 heavy (non-hydrogen) atoms. The Kier molecular flexibility index (Phi) is 4.15. The van der Waals surface area contributed by atoms with Crippen molar-refractivity contribution in [3.63, 3.8) is 0 Å². The Morgan fingerprint density at radius 2 is 2.50 bits per heavy atom. The molecular formula is C8H15N2O6PS. The summed E-state index contributed by atoms with van der Waals surface area (Å²) >= 11 is 1.58. The normalized spacial score (nSPS) is 44.8. The number of hydrogen-bond acceptors (Lipinski definition) is 8. The summed E-state index contributed by atoms with van der Waals surface area (Å²) in [6, 6.07) is -1.44. The predicted molar refractivity (Wildman–Crippen MR) is 63.3 cm³/mol. The van der Waals surface area contributed by atoms with Crippen molar-refractivity contribution in [3.05, 3.63) is 0 Å². The monoisotopic (exact) mass is 298 g/mol. The van der Waals surface area contributed by atoms with Crippen LogP contribution in [0.15, 0.2) is 0 Å². The molecule has 0 aromatic heterocycles. The molecule has 0 saturated carbocycles. The summed E-state index contributed by atoms with van der Waals surface area (Å²) in [5, 5.41) is 1.18. The second kappa shape index (κ2) is 5.18. The fourth-order valence-corrected chi connectivity index (χ4v) is 3.19. The molecule has 0 aromatic rings. The minimum Gasteiger partial charge on any atom is -0.322 e. The van der Waals surface area contributed by atoms with Gasteiger partial charge in [0, 0.05) is 0 Å². The number of carbonyl (C=O) groups is 1. The van der Waals surface area contributed by atoms with Crippen molar-refractivity contribution in [3.8, 4) is 0 Å². The van der Waals surface area contributed by atoms with Gasteiger partial charge in [-0.05, 0) is 18.4 Å². The van der Waals surface area contributed by atoms with E-state index in [2.05, 4.69) is 4.52 Å². The first-order valence-corrected chi connectivity index (χ1v) is 8.20. The molecule has 8 nitrogen and oxygen atoms in total. The number of phosphoric acid groups is 1. The summed E-state index contributed by atoms with van der Waals surface area (Å²) < 4.78 is 21.2. The molecule has 0 amide bonds. The van der Waals surface area contributed by atoms with Crippen molar-refractivity contribution in [1.82, 2.24) is 5.06 Å². The Morgan fingerprint density at radius 3 is 3.11 bits per heavy atom. The van der Waals surface area contributed by atoms with E-state index in [1.54, 1.807) is 11.8 Å². The number of rotatable bonds is 5. The zero-order chi connectivity index (χ0) is 13.4. The molecular weight excluding hydrogens is 283 g/mol. The van der Waals surface area contributed by atoms with Crippen molar-refractivity contribution < 1.29 is 28.1 Å². The fourth-order valence-electron chi connectivity index (χ4n) is 1.73. The van der Waals surface area contributed by atoms with Crippen LogP contribution in [0.4, 0.5) is 0 Å². The third-order valence-corrected chi connectivity index (χ3v) is 4.33. The van der Waals surface area contributed by atoms with Crippen LogP contribution in [0, 0.1) is 0 Å². The Hall–Kier alpha value is 0.01000. The Morgan fingerprint density at radius 1 is 1.78 bits per heavy atom. The molecule has 3 N–H and O–H groups in total. The lowest BCUT2D eigenvalue weighted by Gasteiger charge is -2.19. The van der Waals surface area contributed by atoms with Crippen molar-refractivity contribution in [2.45, 2.75) is 24.4 Å². The molecule has 0 bridgehead atoms. The molecule has 5 atom stereocenters. The van der Waals surface area contributed by atoms with Crippen LogP contribution in [-0.4, -0.2) is 52.9 Å². The summed E-state index contributed by atoms with van der Waals surface area (Å²) in [6.07, 6.45) is 3.00. The van der Waals surface area contributed by atoms with E-state index in [-0.39, 0.29) is 6.61 Å². The van der Waals surface area contributed by atoms with Crippen LogP contribution in [0.3, 0.4) is 0 Å². The van der Waals surface area contributed by atoms with Gasteiger partial charge in [0.1, 0.15) is 12.3 Å². The van der Waals surface area contributed by atoms with E-state index in [4.69, 9.17) is 15.1 Å². The molecule has 2 saturated heterocycles. The maximum atomic E-state index is 11.6. The third kappa shape index (κ3) is 2.63. The largest absolute Gasteiger partial charge is 0.476 e. The number of nitrogens with two attached hydrogens (primary N) is 1. The van der Waals surface area contributed by atoms with E-state index in [1.807, 2.05) is 6.26 Å². The molecule has 2 fully saturated rings. The molecule has 2 unspecified atom stereocenters. The van der Waals surface area contributed by atoms with Gasteiger partial charge in [0.25, 0.3) is 5.91 Å². The van der Waals surface area contributed by atoms with Gasteiger partial charge in [0.05, 0.1) is 12.6 Å². The van der Waals surface area contributed by atoms with Crippen LogP contribution in [0.5, 0.6) is 0 Å². The Bertz CT molecular complexity index is 385. The van der Waals surface area contributed by atoms with Gasteiger partial charge in [-0.25, -0.2) is 13.9 Å². The van der Waals surface area contributed by atoms with Crippen molar-refractivity contribution in [2.24, 2.45) is 5.73 Å². The van der Waals surface area contributed by atoms with Crippen LogP contribution in [0.1, 0.15) is 6.42 Å². The van der Waals surface area contributed by atoms with E-state index < -0.39 is 25.8 Å². The number of hydroxylamine groups is 2. The zero-order valence-corrected chi connectivity index (χ0v) is 11.4. The number of thioether (sulfide) groups is 1. The SMILES string of the molecule is CSCC[C@H](N)[C@@]12ON1[C@H](C=O)COP(=O)(O)O2. The van der Waals surface area contributed by atoms with Crippen molar-refractivity contribution in [2.75, 3.05) is 18.6 Å². The van der Waals surface area contributed by atoms with Gasteiger partial charge in [-0.2, -0.15) is 11.8 Å². The lowest BCUT2D eigenvalue weighted by Crippen LogP contribution is -2.44. The molecule has 2 heterocycles. The summed E-state index contributed by atoms with van der Waals surface area (Å²) in [5.41, 5.74) is 5.91. The van der Waals surface area contributed by atoms with E-state index in [0.717, 1.165) is 5.75 Å². The van der Waals surface area contributed by atoms with E-state index in [9.17, 15) is 14.3 Å². The first kappa shape index (κ1) is 14.4. The van der Waals surface area contributed by atoms with Gasteiger partial charge in [-0.1, -0.05) is 0 Å². The smallest absolute Gasteiger partial charge is 0.322 e. The number of carbonyl (C=O) groups excluding carboxylic acids is 1. The average molecular weight is 298 g/mol. The summed E-state index contributed by atoms with van der Waals surface area (Å²) in [5.74, 6) is -0.784. The number of phosphoric ester groups is 1. The topological polar surface area (TPSA) is 114 Å². The average Bonchev–Trinajstić information content (AvgIpc) is 3.01. The van der Waals surface area contributed by atoms with Gasteiger partial charge in [-0.15, -0.1) is 5.06 Å². The number of fused-ring (bicyclic) bond motifs is 1. The van der Waals surface area contributed by atoms with Crippen molar-refractivity contribution >= 4 is 25.9 Å². The van der Waals surface area contributed by atoms with Crippen LogP contribution < -0.4 is 5.73 Å². The lowest BCUT2D eigenvalue weighted by atomic mass is 10.2. The van der Waals surface area contributed by atoms with E-state index >= 15 is 0 Å². The maximum absolute atomic E-state index is 11.6.